The number of fused-ring (bicyclic) bond motifs is 1. The molecule has 7 nitrogen and oxygen atoms in total. The Morgan fingerprint density at radius 3 is 2.47 bits per heavy atom. The highest BCUT2D eigenvalue weighted by Gasteiger charge is 2.57. The zero-order chi connectivity index (χ0) is 22.9. The predicted octanol–water partition coefficient (Wildman–Crippen LogP) is 1.78. The summed E-state index contributed by atoms with van der Waals surface area (Å²) in [5, 5.41) is 3.67. The van der Waals surface area contributed by atoms with Crippen molar-refractivity contribution < 1.29 is 41.1 Å². The number of anilines is 1. The summed E-state index contributed by atoms with van der Waals surface area (Å²) in [6.45, 7) is 0.570. The zero-order valence-corrected chi connectivity index (χ0v) is 16.3. The maximum absolute atomic E-state index is 12.9. The van der Waals surface area contributed by atoms with Gasteiger partial charge in [0.15, 0.2) is 0 Å². The Kier molecular flexibility index (Phi) is 6.57. The normalized spacial score (nSPS) is 18.1. The summed E-state index contributed by atoms with van der Waals surface area (Å²) in [4.78, 5) is 37.9. The van der Waals surface area contributed by atoms with E-state index < -0.39 is 48.3 Å². The first-order valence-corrected chi connectivity index (χ1v) is 8.78. The van der Waals surface area contributed by atoms with Gasteiger partial charge in [-0.2, -0.15) is 22.0 Å². The molecule has 1 aliphatic rings. The molecule has 30 heavy (non-hydrogen) atoms. The van der Waals surface area contributed by atoms with E-state index in [4.69, 9.17) is 4.74 Å². The number of rotatable bonds is 5. The minimum atomic E-state index is -5.84. The maximum Gasteiger partial charge on any atom is 0.455 e. The number of nitrogens with one attached hydrogen (secondary N) is 2. The molecule has 2 rings (SSSR count). The van der Waals surface area contributed by atoms with Crippen molar-refractivity contribution in [3.8, 4) is 5.75 Å². The van der Waals surface area contributed by atoms with Crippen LogP contribution >= 0.6 is 0 Å². The van der Waals surface area contributed by atoms with E-state index in [2.05, 4.69) is 5.32 Å². The van der Waals surface area contributed by atoms with Crippen molar-refractivity contribution >= 4 is 23.4 Å². The molecule has 0 aliphatic carbocycles. The molecule has 0 fully saturated rings. The molecular weight excluding hydrogens is 417 g/mol. The Morgan fingerprint density at radius 1 is 1.23 bits per heavy atom. The molecule has 0 saturated heterocycles. The third kappa shape index (κ3) is 4.97. The number of amides is 3. The van der Waals surface area contributed by atoms with Gasteiger partial charge in [0.1, 0.15) is 24.3 Å². The average molecular weight is 437 g/mol. The standard InChI is InChI=1S/C18H20F5N3O4/c1-9-4-5-12-13(6-9)30-7-11(16(29)26(12)3)25-15(28)10(2)14(27)24-8-17(19,20)18(21,22)23/h4-6,10-11H,7-8H2,1-3H3,(H,24,27)(H,25,28)/t10?,11-/m0/s1. The molecule has 0 aromatic heterocycles. The topological polar surface area (TPSA) is 87.7 Å². The molecule has 12 heteroatoms. The lowest BCUT2D eigenvalue weighted by atomic mass is 10.1. The Labute approximate surface area is 168 Å². The molecule has 3 amide bonds. The van der Waals surface area contributed by atoms with Gasteiger partial charge in [0, 0.05) is 7.05 Å². The molecule has 0 spiro atoms. The first-order valence-electron chi connectivity index (χ1n) is 8.78. The number of carbonyl (C=O) groups is 3. The van der Waals surface area contributed by atoms with Crippen LogP contribution in [-0.2, 0) is 14.4 Å². The number of alkyl halides is 5. The number of likely N-dealkylation sites (N-methyl/N-ethyl adjacent to an activating group) is 1. The van der Waals surface area contributed by atoms with Crippen molar-refractivity contribution in [1.82, 2.24) is 10.6 Å². The SMILES string of the molecule is Cc1ccc2c(c1)OC[C@H](NC(=O)C(C)C(=O)NCC(F)(F)C(F)(F)F)C(=O)N2C. The summed E-state index contributed by atoms with van der Waals surface area (Å²) < 4.78 is 67.9. The predicted molar refractivity (Wildman–Crippen MR) is 95.2 cm³/mol. The maximum atomic E-state index is 12.9. The van der Waals surface area contributed by atoms with Crippen LogP contribution in [0.5, 0.6) is 5.75 Å². The van der Waals surface area contributed by atoms with Gasteiger partial charge in [-0.25, -0.2) is 0 Å². The number of benzene rings is 1. The van der Waals surface area contributed by atoms with Crippen LogP contribution in [0.25, 0.3) is 0 Å². The summed E-state index contributed by atoms with van der Waals surface area (Å²) in [6, 6.07) is 3.92. The fourth-order valence-corrected chi connectivity index (χ4v) is 2.58. The lowest BCUT2D eigenvalue weighted by molar-refractivity contribution is -0.278. The van der Waals surface area contributed by atoms with Crippen LogP contribution in [0.3, 0.4) is 0 Å². The molecule has 0 bridgehead atoms. The molecule has 0 saturated carbocycles. The van der Waals surface area contributed by atoms with Crippen molar-refractivity contribution in [2.75, 3.05) is 25.1 Å². The monoisotopic (exact) mass is 437 g/mol. The Balaban J connectivity index is 2.01. The number of hydrogen-bond donors (Lipinski definition) is 2. The highest BCUT2D eigenvalue weighted by Crippen LogP contribution is 2.34. The summed E-state index contributed by atoms with van der Waals surface area (Å²) in [7, 11) is 1.46. The second-order valence-electron chi connectivity index (χ2n) is 6.88. The molecule has 2 atom stereocenters. The summed E-state index contributed by atoms with van der Waals surface area (Å²) in [5.41, 5.74) is 1.33. The minimum Gasteiger partial charge on any atom is -0.489 e. The van der Waals surface area contributed by atoms with Crippen LogP contribution in [0.2, 0.25) is 0 Å². The van der Waals surface area contributed by atoms with Gasteiger partial charge in [-0.05, 0) is 31.5 Å². The average Bonchev–Trinajstić information content (AvgIpc) is 2.76. The lowest BCUT2D eigenvalue weighted by Gasteiger charge is -2.23. The summed E-state index contributed by atoms with van der Waals surface area (Å²) in [6.07, 6.45) is -5.84. The van der Waals surface area contributed by atoms with Crippen LogP contribution in [-0.4, -0.2) is 56.1 Å². The smallest absolute Gasteiger partial charge is 0.455 e. The minimum absolute atomic E-state index is 0.258. The largest absolute Gasteiger partial charge is 0.489 e. The molecule has 0 radical (unpaired) electrons. The Bertz CT molecular complexity index is 844. The summed E-state index contributed by atoms with van der Waals surface area (Å²) >= 11 is 0. The van der Waals surface area contributed by atoms with Crippen molar-refractivity contribution in [3.05, 3.63) is 23.8 Å². The number of carbonyl (C=O) groups excluding carboxylic acids is 3. The molecule has 1 unspecified atom stereocenters. The third-order valence-corrected chi connectivity index (χ3v) is 4.51. The zero-order valence-electron chi connectivity index (χ0n) is 16.3. The second-order valence-corrected chi connectivity index (χ2v) is 6.88. The highest BCUT2D eigenvalue weighted by molar-refractivity contribution is 6.04. The number of hydrogen-bond acceptors (Lipinski definition) is 4. The van der Waals surface area contributed by atoms with Gasteiger partial charge in [0.05, 0.1) is 12.2 Å². The van der Waals surface area contributed by atoms with Crippen molar-refractivity contribution in [2.45, 2.75) is 32.0 Å². The lowest BCUT2D eigenvalue weighted by Crippen LogP contribution is -2.53. The van der Waals surface area contributed by atoms with Crippen molar-refractivity contribution in [3.63, 3.8) is 0 Å². The van der Waals surface area contributed by atoms with E-state index in [0.717, 1.165) is 12.5 Å². The first-order chi connectivity index (χ1) is 13.7. The quantitative estimate of drug-likeness (QED) is 0.543. The number of nitrogens with zero attached hydrogens (tertiary/aromatic N) is 1. The van der Waals surface area contributed by atoms with Gasteiger partial charge in [-0.3, -0.25) is 14.4 Å². The van der Waals surface area contributed by atoms with Crippen molar-refractivity contribution in [1.29, 1.82) is 0 Å². The molecule has 1 aromatic rings. The van der Waals surface area contributed by atoms with Gasteiger partial charge < -0.3 is 20.3 Å². The fraction of sp³-hybridized carbons (Fsp3) is 0.500. The summed E-state index contributed by atoms with van der Waals surface area (Å²) in [5.74, 6) is -9.28. The van der Waals surface area contributed by atoms with Gasteiger partial charge in [-0.15, -0.1) is 0 Å². The Morgan fingerprint density at radius 2 is 1.87 bits per heavy atom. The molecule has 1 aliphatic heterocycles. The van der Waals surface area contributed by atoms with E-state index in [1.54, 1.807) is 18.2 Å². The van der Waals surface area contributed by atoms with E-state index in [1.807, 2.05) is 6.92 Å². The van der Waals surface area contributed by atoms with E-state index >= 15 is 0 Å². The van der Waals surface area contributed by atoms with Crippen LogP contribution < -0.4 is 20.3 Å². The van der Waals surface area contributed by atoms with Crippen LogP contribution in [0.15, 0.2) is 18.2 Å². The molecular formula is C18H20F5N3O4. The van der Waals surface area contributed by atoms with Crippen LogP contribution in [0, 0.1) is 12.8 Å². The van der Waals surface area contributed by atoms with E-state index in [-0.39, 0.29) is 6.61 Å². The first kappa shape index (κ1) is 23.4. The molecule has 166 valence electrons. The van der Waals surface area contributed by atoms with E-state index in [1.165, 1.54) is 17.3 Å². The molecule has 2 N–H and O–H groups in total. The van der Waals surface area contributed by atoms with Gasteiger partial charge in [-0.1, -0.05) is 6.07 Å². The Hall–Kier alpha value is -2.92. The number of aryl methyl sites for hydroxylation is 1. The number of halogens is 5. The number of ether oxygens (including phenoxy) is 1. The third-order valence-electron chi connectivity index (χ3n) is 4.51. The fourth-order valence-electron chi connectivity index (χ4n) is 2.58. The molecule has 1 heterocycles. The van der Waals surface area contributed by atoms with Gasteiger partial charge in [0.2, 0.25) is 11.8 Å². The highest BCUT2D eigenvalue weighted by atomic mass is 19.4. The van der Waals surface area contributed by atoms with Gasteiger partial charge in [0.25, 0.3) is 5.91 Å². The second kappa shape index (κ2) is 8.44. The van der Waals surface area contributed by atoms with Gasteiger partial charge >= 0.3 is 12.1 Å². The van der Waals surface area contributed by atoms with Crippen LogP contribution in [0.4, 0.5) is 27.6 Å². The van der Waals surface area contributed by atoms with E-state index in [9.17, 15) is 36.3 Å². The van der Waals surface area contributed by atoms with Crippen molar-refractivity contribution in [2.24, 2.45) is 5.92 Å². The molecule has 1 aromatic carbocycles. The van der Waals surface area contributed by atoms with Crippen LogP contribution in [0.1, 0.15) is 12.5 Å². The van der Waals surface area contributed by atoms with E-state index in [0.29, 0.717) is 11.4 Å².